The molecule has 3 nitrogen and oxygen atoms in total. The van der Waals surface area contributed by atoms with Gasteiger partial charge in [0.25, 0.3) is 0 Å². The number of hydrogen-bond acceptors (Lipinski definition) is 2. The van der Waals surface area contributed by atoms with Crippen molar-refractivity contribution in [2.24, 2.45) is 0 Å². The molecule has 2 unspecified atom stereocenters. The van der Waals surface area contributed by atoms with Crippen LogP contribution in [-0.2, 0) is 10.2 Å². The van der Waals surface area contributed by atoms with Crippen LogP contribution in [0.5, 0.6) is 0 Å². The van der Waals surface area contributed by atoms with Crippen LogP contribution in [0.1, 0.15) is 50.8 Å². The highest BCUT2D eigenvalue weighted by atomic mass is 16.2. The Morgan fingerprint density at radius 2 is 2.05 bits per heavy atom. The summed E-state index contributed by atoms with van der Waals surface area (Å²) in [6, 6.07) is 8.70. The second-order valence-electron chi connectivity index (χ2n) is 6.07. The van der Waals surface area contributed by atoms with Gasteiger partial charge in [-0.05, 0) is 36.3 Å². The first-order valence-electron chi connectivity index (χ1n) is 7.03. The number of benzene rings is 1. The Morgan fingerprint density at radius 1 is 1.37 bits per heavy atom. The van der Waals surface area contributed by atoms with Crippen molar-refractivity contribution in [1.82, 2.24) is 10.6 Å². The Morgan fingerprint density at radius 3 is 2.74 bits per heavy atom. The van der Waals surface area contributed by atoms with Crippen LogP contribution in [0.2, 0.25) is 0 Å². The molecule has 1 aromatic carbocycles. The number of fused-ring (bicyclic) bond motifs is 1. The topological polar surface area (TPSA) is 41.1 Å². The molecule has 0 bridgehead atoms. The first-order chi connectivity index (χ1) is 8.95. The molecule has 104 valence electrons. The van der Waals surface area contributed by atoms with E-state index in [9.17, 15) is 4.79 Å². The van der Waals surface area contributed by atoms with E-state index >= 15 is 0 Å². The molecule has 0 saturated heterocycles. The fraction of sp³-hybridized carbons (Fsp3) is 0.562. The summed E-state index contributed by atoms with van der Waals surface area (Å²) in [7, 11) is 1.68. The summed E-state index contributed by atoms with van der Waals surface area (Å²) >= 11 is 0. The van der Waals surface area contributed by atoms with Gasteiger partial charge in [0, 0.05) is 13.1 Å². The lowest BCUT2D eigenvalue weighted by Gasteiger charge is -2.38. The molecule has 2 atom stereocenters. The first-order valence-corrected chi connectivity index (χ1v) is 7.03. The Kier molecular flexibility index (Phi) is 3.95. The summed E-state index contributed by atoms with van der Waals surface area (Å²) in [5, 5.41) is 6.14. The molecule has 0 radical (unpaired) electrons. The van der Waals surface area contributed by atoms with Gasteiger partial charge >= 0.3 is 0 Å². The monoisotopic (exact) mass is 260 g/mol. The molecule has 2 rings (SSSR count). The summed E-state index contributed by atoms with van der Waals surface area (Å²) in [6.07, 6.45) is 2.22. The number of carbonyl (C=O) groups excluding carboxylic acids is 1. The normalized spacial score (nSPS) is 22.4. The van der Waals surface area contributed by atoms with E-state index in [1.165, 1.54) is 11.1 Å². The average Bonchev–Trinajstić information content (AvgIpc) is 2.41. The molecule has 0 aromatic heterocycles. The lowest BCUT2D eigenvalue weighted by molar-refractivity contribution is -0.122. The maximum Gasteiger partial charge on any atom is 0.236 e. The number of likely N-dealkylation sites (N-methyl/N-ethyl adjacent to an activating group) is 1. The Balaban J connectivity index is 2.23. The van der Waals surface area contributed by atoms with Crippen LogP contribution in [-0.4, -0.2) is 19.0 Å². The van der Waals surface area contributed by atoms with E-state index in [2.05, 4.69) is 48.7 Å². The lowest BCUT2D eigenvalue weighted by Crippen LogP contribution is -2.44. The van der Waals surface area contributed by atoms with Crippen molar-refractivity contribution in [2.45, 2.75) is 51.1 Å². The van der Waals surface area contributed by atoms with Crippen LogP contribution in [0.25, 0.3) is 0 Å². The summed E-state index contributed by atoms with van der Waals surface area (Å²) in [5.74, 6) is 0.0438. The highest BCUT2D eigenvalue weighted by molar-refractivity contribution is 5.81. The minimum Gasteiger partial charge on any atom is -0.358 e. The molecule has 1 aliphatic rings. The predicted octanol–water partition coefficient (Wildman–Crippen LogP) is 2.52. The fourth-order valence-electron chi connectivity index (χ4n) is 2.98. The molecule has 1 aromatic rings. The molecule has 0 spiro atoms. The Labute approximate surface area is 115 Å². The van der Waals surface area contributed by atoms with Gasteiger partial charge in [-0.2, -0.15) is 0 Å². The van der Waals surface area contributed by atoms with Crippen LogP contribution in [0.15, 0.2) is 24.3 Å². The molecule has 3 heteroatoms. The molecule has 0 fully saturated rings. The van der Waals surface area contributed by atoms with Gasteiger partial charge < -0.3 is 5.32 Å². The van der Waals surface area contributed by atoms with Crippen molar-refractivity contribution in [3.05, 3.63) is 35.4 Å². The molecule has 0 heterocycles. The summed E-state index contributed by atoms with van der Waals surface area (Å²) in [5.41, 5.74) is 2.97. The van der Waals surface area contributed by atoms with E-state index in [-0.39, 0.29) is 23.4 Å². The van der Waals surface area contributed by atoms with Gasteiger partial charge in [-0.1, -0.05) is 38.1 Å². The Hall–Kier alpha value is -1.35. The van der Waals surface area contributed by atoms with Crippen molar-refractivity contribution in [1.29, 1.82) is 0 Å². The summed E-state index contributed by atoms with van der Waals surface area (Å²) in [4.78, 5) is 11.7. The van der Waals surface area contributed by atoms with Gasteiger partial charge in [0.15, 0.2) is 0 Å². The third-order valence-electron chi connectivity index (χ3n) is 4.21. The third-order valence-corrected chi connectivity index (χ3v) is 4.21. The van der Waals surface area contributed by atoms with Crippen molar-refractivity contribution in [2.75, 3.05) is 7.05 Å². The maximum absolute atomic E-state index is 11.7. The standard InChI is InChI=1S/C16H24N2O/c1-11(15(19)17-4)18-14-9-10-16(2,3)13-8-6-5-7-12(13)14/h5-8,11,14,18H,9-10H2,1-4H3,(H,17,19). The smallest absolute Gasteiger partial charge is 0.236 e. The zero-order valence-electron chi connectivity index (χ0n) is 12.3. The van der Waals surface area contributed by atoms with Crippen LogP contribution >= 0.6 is 0 Å². The van der Waals surface area contributed by atoms with E-state index in [4.69, 9.17) is 0 Å². The van der Waals surface area contributed by atoms with E-state index < -0.39 is 0 Å². The molecule has 19 heavy (non-hydrogen) atoms. The number of amides is 1. The highest BCUT2D eigenvalue weighted by Gasteiger charge is 2.33. The zero-order chi connectivity index (χ0) is 14.0. The Bertz CT molecular complexity index is 468. The average molecular weight is 260 g/mol. The molecular formula is C16H24N2O. The molecule has 1 aliphatic carbocycles. The summed E-state index contributed by atoms with van der Waals surface area (Å²) in [6.45, 7) is 6.51. The lowest BCUT2D eigenvalue weighted by atomic mass is 9.71. The molecule has 0 aliphatic heterocycles. The predicted molar refractivity (Wildman–Crippen MR) is 78.1 cm³/mol. The van der Waals surface area contributed by atoms with Crippen molar-refractivity contribution >= 4 is 5.91 Å². The highest BCUT2D eigenvalue weighted by Crippen LogP contribution is 2.41. The van der Waals surface area contributed by atoms with Gasteiger partial charge in [-0.3, -0.25) is 10.1 Å². The van der Waals surface area contributed by atoms with Crippen molar-refractivity contribution in [3.8, 4) is 0 Å². The van der Waals surface area contributed by atoms with Gasteiger partial charge in [-0.25, -0.2) is 0 Å². The quantitative estimate of drug-likeness (QED) is 0.877. The van der Waals surface area contributed by atoms with Gasteiger partial charge in [0.1, 0.15) is 0 Å². The molecule has 1 amide bonds. The zero-order valence-corrected chi connectivity index (χ0v) is 12.3. The number of nitrogens with one attached hydrogen (secondary N) is 2. The van der Waals surface area contributed by atoms with Gasteiger partial charge in [0.05, 0.1) is 6.04 Å². The molecule has 2 N–H and O–H groups in total. The largest absolute Gasteiger partial charge is 0.358 e. The van der Waals surface area contributed by atoms with Crippen LogP contribution < -0.4 is 10.6 Å². The number of hydrogen-bond donors (Lipinski definition) is 2. The number of rotatable bonds is 3. The van der Waals surface area contributed by atoms with E-state index in [1.807, 2.05) is 6.92 Å². The first kappa shape index (κ1) is 14.1. The molecule has 0 saturated carbocycles. The summed E-state index contributed by atoms with van der Waals surface area (Å²) < 4.78 is 0. The molecular weight excluding hydrogens is 236 g/mol. The van der Waals surface area contributed by atoms with E-state index in [0.717, 1.165) is 12.8 Å². The minimum atomic E-state index is -0.163. The van der Waals surface area contributed by atoms with E-state index in [1.54, 1.807) is 7.05 Å². The second kappa shape index (κ2) is 5.33. The van der Waals surface area contributed by atoms with Crippen molar-refractivity contribution in [3.63, 3.8) is 0 Å². The van der Waals surface area contributed by atoms with Crippen LogP contribution in [0.4, 0.5) is 0 Å². The van der Waals surface area contributed by atoms with Gasteiger partial charge in [-0.15, -0.1) is 0 Å². The fourth-order valence-corrected chi connectivity index (χ4v) is 2.98. The second-order valence-corrected chi connectivity index (χ2v) is 6.07. The minimum absolute atomic E-state index is 0.0438. The third kappa shape index (κ3) is 2.81. The van der Waals surface area contributed by atoms with Crippen LogP contribution in [0, 0.1) is 0 Å². The van der Waals surface area contributed by atoms with Crippen LogP contribution in [0.3, 0.4) is 0 Å². The number of carbonyl (C=O) groups is 1. The van der Waals surface area contributed by atoms with Crippen molar-refractivity contribution < 1.29 is 4.79 Å². The SMILES string of the molecule is CNC(=O)C(C)NC1CCC(C)(C)c2ccccc21. The van der Waals surface area contributed by atoms with Gasteiger partial charge in [0.2, 0.25) is 5.91 Å². The maximum atomic E-state index is 11.7. The van der Waals surface area contributed by atoms with E-state index in [0.29, 0.717) is 0 Å².